The second-order valence-corrected chi connectivity index (χ2v) is 7.45. The van der Waals surface area contributed by atoms with Crippen molar-refractivity contribution < 1.29 is 14.3 Å². The van der Waals surface area contributed by atoms with Gasteiger partial charge in [0.25, 0.3) is 5.91 Å². The number of benzene rings is 1. The molecule has 2 atom stereocenters. The van der Waals surface area contributed by atoms with Gasteiger partial charge in [-0.3, -0.25) is 4.79 Å². The van der Waals surface area contributed by atoms with Gasteiger partial charge in [0, 0.05) is 43.2 Å². The number of fused-ring (bicyclic) bond motifs is 1. The highest BCUT2D eigenvalue weighted by molar-refractivity contribution is 5.95. The van der Waals surface area contributed by atoms with Gasteiger partial charge < -0.3 is 19.3 Å². The summed E-state index contributed by atoms with van der Waals surface area (Å²) < 4.78 is 10.7. The van der Waals surface area contributed by atoms with Gasteiger partial charge in [0.15, 0.2) is 0 Å². The van der Waals surface area contributed by atoms with Crippen molar-refractivity contribution in [1.82, 2.24) is 14.9 Å². The van der Waals surface area contributed by atoms with Gasteiger partial charge in [-0.15, -0.1) is 0 Å². The third-order valence-electron chi connectivity index (χ3n) is 5.79. The molecule has 0 bridgehead atoms. The number of piperidine rings is 1. The summed E-state index contributed by atoms with van der Waals surface area (Å²) in [5, 5.41) is 0. The molecule has 1 amide bonds. The number of nitrogens with zero attached hydrogens (tertiary/aromatic N) is 4. The normalized spacial score (nSPS) is 21.4. The summed E-state index contributed by atoms with van der Waals surface area (Å²) >= 11 is 0. The molecule has 3 heterocycles. The van der Waals surface area contributed by atoms with Crippen LogP contribution < -0.4 is 14.4 Å². The summed E-state index contributed by atoms with van der Waals surface area (Å²) in [5.41, 5.74) is 1.55. The van der Waals surface area contributed by atoms with Gasteiger partial charge in [-0.25, -0.2) is 9.97 Å². The molecule has 2 aliphatic heterocycles. The van der Waals surface area contributed by atoms with Crippen LogP contribution in [0.1, 0.15) is 28.9 Å². The maximum absolute atomic E-state index is 13.3. The van der Waals surface area contributed by atoms with Crippen LogP contribution in [0.2, 0.25) is 0 Å². The Labute approximate surface area is 165 Å². The first-order valence-electron chi connectivity index (χ1n) is 9.67. The molecule has 2 fully saturated rings. The Balaban J connectivity index is 1.56. The Morgan fingerprint density at radius 2 is 1.82 bits per heavy atom. The molecule has 0 N–H and O–H groups in total. The van der Waals surface area contributed by atoms with E-state index in [1.807, 2.05) is 17.9 Å². The summed E-state index contributed by atoms with van der Waals surface area (Å²) in [6.07, 6.45) is 3.89. The second kappa shape index (κ2) is 7.66. The van der Waals surface area contributed by atoms with Crippen molar-refractivity contribution in [3.63, 3.8) is 0 Å². The minimum Gasteiger partial charge on any atom is -0.497 e. The molecule has 148 valence electrons. The van der Waals surface area contributed by atoms with Crippen molar-refractivity contribution in [2.24, 2.45) is 5.92 Å². The van der Waals surface area contributed by atoms with Crippen LogP contribution in [-0.2, 0) is 0 Å². The molecule has 28 heavy (non-hydrogen) atoms. The molecule has 0 radical (unpaired) electrons. The Kier molecular flexibility index (Phi) is 5.07. The molecule has 7 nitrogen and oxygen atoms in total. The van der Waals surface area contributed by atoms with Gasteiger partial charge in [-0.2, -0.15) is 0 Å². The standard InChI is InChI=1S/C21H26N4O3/c1-14-4-7-22-21(23-14)24-8-5-15-6-9-25(19(15)13-24)20(26)16-10-17(27-2)12-18(11-16)28-3/h4,7,10-12,15,19H,5-6,8-9,13H2,1-3H3. The van der Waals surface area contributed by atoms with E-state index in [2.05, 4.69) is 14.9 Å². The van der Waals surface area contributed by atoms with Crippen molar-refractivity contribution >= 4 is 11.9 Å². The van der Waals surface area contributed by atoms with E-state index in [0.29, 0.717) is 23.0 Å². The fraction of sp³-hybridized carbons (Fsp3) is 0.476. The quantitative estimate of drug-likeness (QED) is 0.810. The van der Waals surface area contributed by atoms with Crippen LogP contribution in [0.3, 0.4) is 0 Å². The zero-order valence-corrected chi connectivity index (χ0v) is 16.6. The highest BCUT2D eigenvalue weighted by atomic mass is 16.5. The zero-order valence-electron chi connectivity index (χ0n) is 16.6. The predicted octanol–water partition coefficient (Wildman–Crippen LogP) is 2.54. The lowest BCUT2D eigenvalue weighted by Gasteiger charge is -2.38. The van der Waals surface area contributed by atoms with E-state index in [1.54, 1.807) is 38.6 Å². The maximum atomic E-state index is 13.3. The minimum absolute atomic E-state index is 0.0247. The molecule has 2 aliphatic rings. The number of hydrogen-bond donors (Lipinski definition) is 0. The number of carbonyl (C=O) groups is 1. The monoisotopic (exact) mass is 382 g/mol. The third-order valence-corrected chi connectivity index (χ3v) is 5.79. The van der Waals surface area contributed by atoms with E-state index in [-0.39, 0.29) is 11.9 Å². The summed E-state index contributed by atoms with van der Waals surface area (Å²) in [4.78, 5) is 26.5. The lowest BCUT2D eigenvalue weighted by Crippen LogP contribution is -2.50. The molecule has 1 aromatic carbocycles. The van der Waals surface area contributed by atoms with Gasteiger partial charge in [0.05, 0.1) is 20.3 Å². The summed E-state index contributed by atoms with van der Waals surface area (Å²) in [5.74, 6) is 2.55. The smallest absolute Gasteiger partial charge is 0.254 e. The molecule has 2 unspecified atom stereocenters. The number of aromatic nitrogens is 2. The van der Waals surface area contributed by atoms with Crippen molar-refractivity contribution in [3.8, 4) is 11.5 Å². The molecule has 4 rings (SSSR count). The summed E-state index contributed by atoms with van der Waals surface area (Å²) in [7, 11) is 3.19. The molecule has 1 aromatic heterocycles. The van der Waals surface area contributed by atoms with E-state index in [4.69, 9.17) is 9.47 Å². The van der Waals surface area contributed by atoms with Crippen LogP contribution in [0.5, 0.6) is 11.5 Å². The van der Waals surface area contributed by atoms with E-state index < -0.39 is 0 Å². The molecule has 2 aromatic rings. The number of likely N-dealkylation sites (tertiary alicyclic amines) is 1. The number of aryl methyl sites for hydroxylation is 1. The van der Waals surface area contributed by atoms with Crippen LogP contribution in [0, 0.1) is 12.8 Å². The van der Waals surface area contributed by atoms with Crippen molar-refractivity contribution in [1.29, 1.82) is 0 Å². The maximum Gasteiger partial charge on any atom is 0.254 e. The van der Waals surface area contributed by atoms with Crippen LogP contribution in [-0.4, -0.2) is 60.7 Å². The molecule has 2 saturated heterocycles. The molecule has 7 heteroatoms. The molecular weight excluding hydrogens is 356 g/mol. The number of hydrogen-bond acceptors (Lipinski definition) is 6. The molecule has 0 spiro atoms. The predicted molar refractivity (Wildman–Crippen MR) is 106 cm³/mol. The number of ether oxygens (including phenoxy) is 2. The number of rotatable bonds is 4. The summed E-state index contributed by atoms with van der Waals surface area (Å²) in [6.45, 7) is 4.44. The van der Waals surface area contributed by atoms with Crippen LogP contribution in [0.4, 0.5) is 5.95 Å². The Hall–Kier alpha value is -2.83. The topological polar surface area (TPSA) is 67.8 Å². The molecule has 0 aliphatic carbocycles. The molecular formula is C21H26N4O3. The lowest BCUT2D eigenvalue weighted by molar-refractivity contribution is 0.0711. The zero-order chi connectivity index (χ0) is 19.7. The van der Waals surface area contributed by atoms with E-state index in [1.165, 1.54) is 0 Å². The minimum atomic E-state index is 0.0247. The lowest BCUT2D eigenvalue weighted by atomic mass is 9.92. The van der Waals surface area contributed by atoms with Crippen LogP contribution in [0.25, 0.3) is 0 Å². The van der Waals surface area contributed by atoms with Gasteiger partial charge in [-0.05, 0) is 43.9 Å². The van der Waals surface area contributed by atoms with Gasteiger partial charge in [0.1, 0.15) is 11.5 Å². The average molecular weight is 382 g/mol. The van der Waals surface area contributed by atoms with Crippen molar-refractivity contribution in [3.05, 3.63) is 41.7 Å². The van der Waals surface area contributed by atoms with Gasteiger partial charge in [-0.1, -0.05) is 0 Å². The number of carbonyl (C=O) groups excluding carboxylic acids is 1. The first-order chi connectivity index (χ1) is 13.6. The number of anilines is 1. The second-order valence-electron chi connectivity index (χ2n) is 7.45. The Bertz CT molecular complexity index is 850. The van der Waals surface area contributed by atoms with E-state index in [9.17, 15) is 4.79 Å². The van der Waals surface area contributed by atoms with Crippen LogP contribution >= 0.6 is 0 Å². The fourth-order valence-electron chi connectivity index (χ4n) is 4.26. The third kappa shape index (κ3) is 3.48. The SMILES string of the molecule is COc1cc(OC)cc(C(=O)N2CCC3CCN(c4nccc(C)n4)CC32)c1. The summed E-state index contributed by atoms with van der Waals surface area (Å²) in [6, 6.07) is 7.41. The number of methoxy groups -OCH3 is 2. The van der Waals surface area contributed by atoms with E-state index in [0.717, 1.165) is 44.1 Å². The highest BCUT2D eigenvalue weighted by Crippen LogP contribution is 2.34. The van der Waals surface area contributed by atoms with Crippen molar-refractivity contribution in [2.75, 3.05) is 38.8 Å². The fourth-order valence-corrected chi connectivity index (χ4v) is 4.26. The first-order valence-corrected chi connectivity index (χ1v) is 9.67. The van der Waals surface area contributed by atoms with Gasteiger partial charge in [0.2, 0.25) is 5.95 Å². The average Bonchev–Trinajstić information content (AvgIpc) is 3.16. The molecule has 0 saturated carbocycles. The highest BCUT2D eigenvalue weighted by Gasteiger charge is 2.41. The largest absolute Gasteiger partial charge is 0.497 e. The van der Waals surface area contributed by atoms with Crippen molar-refractivity contribution in [2.45, 2.75) is 25.8 Å². The van der Waals surface area contributed by atoms with Crippen LogP contribution in [0.15, 0.2) is 30.5 Å². The van der Waals surface area contributed by atoms with E-state index >= 15 is 0 Å². The Morgan fingerprint density at radius 1 is 1.11 bits per heavy atom. The Morgan fingerprint density at radius 3 is 2.50 bits per heavy atom. The first kappa shape index (κ1) is 18.5. The van der Waals surface area contributed by atoms with Gasteiger partial charge >= 0.3 is 0 Å². The number of amides is 1.